The van der Waals surface area contributed by atoms with E-state index in [1.54, 1.807) is 0 Å². The van der Waals surface area contributed by atoms with Gasteiger partial charge in [-0.2, -0.15) is 0 Å². The van der Waals surface area contributed by atoms with Crippen molar-refractivity contribution in [3.63, 3.8) is 0 Å². The van der Waals surface area contributed by atoms with E-state index in [9.17, 15) is 22.4 Å². The van der Waals surface area contributed by atoms with Crippen LogP contribution in [0, 0.1) is 23.3 Å². The number of pyridine rings is 1. The largest absolute Gasteiger partial charge is 0.478 e. The van der Waals surface area contributed by atoms with Gasteiger partial charge in [-0.25, -0.2) is 27.3 Å². The average molecular weight is 321 g/mol. The molecule has 21 heavy (non-hydrogen) atoms. The molecule has 2 N–H and O–H groups in total. The van der Waals surface area contributed by atoms with Crippen LogP contribution in [0.1, 0.15) is 10.4 Å². The normalized spacial score (nSPS) is 10.5. The molecule has 2 aromatic rings. The van der Waals surface area contributed by atoms with Gasteiger partial charge < -0.3 is 10.4 Å². The molecule has 0 unspecified atom stereocenters. The van der Waals surface area contributed by atoms with Crippen LogP contribution in [0.2, 0.25) is 5.02 Å². The maximum atomic E-state index is 13.5. The van der Waals surface area contributed by atoms with Gasteiger partial charge in [-0.3, -0.25) is 0 Å². The highest BCUT2D eigenvalue weighted by Crippen LogP contribution is 2.28. The zero-order valence-corrected chi connectivity index (χ0v) is 10.7. The first-order chi connectivity index (χ1) is 9.81. The van der Waals surface area contributed by atoms with Gasteiger partial charge in [0.1, 0.15) is 11.5 Å². The van der Waals surface area contributed by atoms with E-state index in [4.69, 9.17) is 16.7 Å². The van der Waals surface area contributed by atoms with Crippen LogP contribution in [0.5, 0.6) is 0 Å². The minimum absolute atomic E-state index is 0.0494. The van der Waals surface area contributed by atoms with Crippen molar-refractivity contribution in [2.45, 2.75) is 0 Å². The van der Waals surface area contributed by atoms with Gasteiger partial charge in [0.15, 0.2) is 23.3 Å². The molecule has 0 spiro atoms. The van der Waals surface area contributed by atoms with Crippen LogP contribution >= 0.6 is 11.6 Å². The van der Waals surface area contributed by atoms with Crippen molar-refractivity contribution in [2.75, 3.05) is 5.32 Å². The number of nitrogens with one attached hydrogen (secondary N) is 1. The topological polar surface area (TPSA) is 62.2 Å². The van der Waals surface area contributed by atoms with E-state index in [0.29, 0.717) is 0 Å². The number of hydrogen-bond acceptors (Lipinski definition) is 3. The molecule has 9 heteroatoms. The first-order valence-electron chi connectivity index (χ1n) is 5.30. The number of carboxylic acids is 1. The first kappa shape index (κ1) is 15.0. The van der Waals surface area contributed by atoms with Gasteiger partial charge in [0, 0.05) is 12.3 Å². The van der Waals surface area contributed by atoms with Crippen LogP contribution in [-0.2, 0) is 0 Å². The van der Waals surface area contributed by atoms with E-state index >= 15 is 0 Å². The van der Waals surface area contributed by atoms with Gasteiger partial charge in [0.2, 0.25) is 0 Å². The van der Waals surface area contributed by atoms with Gasteiger partial charge in [-0.05, 0) is 6.07 Å². The van der Waals surface area contributed by atoms with Crippen molar-refractivity contribution >= 4 is 29.1 Å². The lowest BCUT2D eigenvalue weighted by atomic mass is 10.2. The number of aromatic carboxylic acids is 1. The summed E-state index contributed by atoms with van der Waals surface area (Å²) in [5, 5.41) is 10.6. The Labute approximate surface area is 120 Å². The van der Waals surface area contributed by atoms with Gasteiger partial charge >= 0.3 is 5.97 Å². The fourth-order valence-corrected chi connectivity index (χ4v) is 1.67. The molecule has 1 heterocycles. The van der Waals surface area contributed by atoms with Crippen LogP contribution in [-0.4, -0.2) is 16.1 Å². The van der Waals surface area contributed by atoms with Crippen LogP contribution in [0.4, 0.5) is 29.1 Å². The summed E-state index contributed by atoms with van der Waals surface area (Å²) in [5.41, 5.74) is -1.52. The standard InChI is InChI=1S/C12H5ClF4N2O2/c13-5-3-18-8(1-4(5)12(20)21)19-11-9(16)6(14)2-7(15)10(11)17/h1-3H,(H,18,19)(H,20,21). The maximum absolute atomic E-state index is 13.5. The molecule has 0 aliphatic heterocycles. The van der Waals surface area contributed by atoms with Crippen molar-refractivity contribution in [2.24, 2.45) is 0 Å². The Morgan fingerprint density at radius 2 is 1.71 bits per heavy atom. The number of anilines is 2. The summed E-state index contributed by atoms with van der Waals surface area (Å²) in [6.07, 6.45) is 0.915. The number of benzene rings is 1. The maximum Gasteiger partial charge on any atom is 0.337 e. The third kappa shape index (κ3) is 2.89. The number of aromatic nitrogens is 1. The molecule has 110 valence electrons. The highest BCUT2D eigenvalue weighted by molar-refractivity contribution is 6.33. The lowest BCUT2D eigenvalue weighted by molar-refractivity contribution is 0.0697. The highest BCUT2D eigenvalue weighted by Gasteiger charge is 2.20. The van der Waals surface area contributed by atoms with E-state index in [0.717, 1.165) is 12.3 Å². The third-order valence-electron chi connectivity index (χ3n) is 2.45. The SMILES string of the molecule is O=C(O)c1cc(Nc2c(F)c(F)cc(F)c2F)ncc1Cl. The van der Waals surface area contributed by atoms with Gasteiger partial charge in [-0.15, -0.1) is 0 Å². The highest BCUT2D eigenvalue weighted by atomic mass is 35.5. The van der Waals surface area contributed by atoms with Crippen molar-refractivity contribution in [3.05, 3.63) is 52.2 Å². The molecular formula is C12H5ClF4N2O2. The van der Waals surface area contributed by atoms with Gasteiger partial charge in [-0.1, -0.05) is 11.6 Å². The van der Waals surface area contributed by atoms with E-state index in [-0.39, 0.29) is 16.9 Å². The van der Waals surface area contributed by atoms with E-state index < -0.39 is 40.5 Å². The molecule has 4 nitrogen and oxygen atoms in total. The Kier molecular flexibility index (Phi) is 3.99. The minimum Gasteiger partial charge on any atom is -0.478 e. The summed E-state index contributed by atoms with van der Waals surface area (Å²) in [4.78, 5) is 14.4. The summed E-state index contributed by atoms with van der Waals surface area (Å²) in [5.74, 6) is -8.30. The molecule has 0 atom stereocenters. The number of hydrogen-bond donors (Lipinski definition) is 2. The van der Waals surface area contributed by atoms with Crippen molar-refractivity contribution < 1.29 is 27.5 Å². The molecule has 0 radical (unpaired) electrons. The number of carbonyl (C=O) groups is 1. The van der Waals surface area contributed by atoms with E-state index in [2.05, 4.69) is 4.98 Å². The Balaban J connectivity index is 2.48. The molecule has 0 fully saturated rings. The monoisotopic (exact) mass is 320 g/mol. The second-order valence-corrected chi connectivity index (χ2v) is 4.23. The Morgan fingerprint density at radius 1 is 1.14 bits per heavy atom. The lowest BCUT2D eigenvalue weighted by Gasteiger charge is -2.10. The summed E-state index contributed by atoms with van der Waals surface area (Å²) in [7, 11) is 0. The second-order valence-electron chi connectivity index (χ2n) is 3.82. The molecule has 0 aliphatic carbocycles. The Hall–Kier alpha value is -2.35. The Morgan fingerprint density at radius 3 is 2.24 bits per heavy atom. The predicted octanol–water partition coefficient (Wildman–Crippen LogP) is 3.73. The molecule has 0 amide bonds. The van der Waals surface area contributed by atoms with Gasteiger partial charge in [0.05, 0.1) is 10.6 Å². The second kappa shape index (κ2) is 5.57. The molecule has 0 aliphatic rings. The number of rotatable bonds is 3. The van der Waals surface area contributed by atoms with Crippen molar-refractivity contribution in [1.29, 1.82) is 0 Å². The van der Waals surface area contributed by atoms with Crippen LogP contribution in [0.15, 0.2) is 18.3 Å². The zero-order valence-electron chi connectivity index (χ0n) is 9.92. The summed E-state index contributed by atoms with van der Waals surface area (Å²) >= 11 is 5.57. The van der Waals surface area contributed by atoms with E-state index in [1.807, 2.05) is 5.32 Å². The van der Waals surface area contributed by atoms with Crippen molar-refractivity contribution in [3.8, 4) is 0 Å². The zero-order chi connectivity index (χ0) is 15.7. The molecule has 0 bridgehead atoms. The van der Waals surface area contributed by atoms with Crippen LogP contribution in [0.3, 0.4) is 0 Å². The average Bonchev–Trinajstić information content (AvgIpc) is 2.43. The number of halogens is 5. The number of carboxylic acid groups (broad SMARTS) is 1. The molecule has 0 saturated heterocycles. The summed E-state index contributed by atoms with van der Waals surface area (Å²) < 4.78 is 53.0. The van der Waals surface area contributed by atoms with Crippen LogP contribution < -0.4 is 5.32 Å². The smallest absolute Gasteiger partial charge is 0.337 e. The fraction of sp³-hybridized carbons (Fsp3) is 0. The minimum atomic E-state index is -1.66. The predicted molar refractivity (Wildman–Crippen MR) is 65.8 cm³/mol. The van der Waals surface area contributed by atoms with Crippen LogP contribution in [0.25, 0.3) is 0 Å². The Bertz CT molecular complexity index is 713. The quantitative estimate of drug-likeness (QED) is 0.668. The summed E-state index contributed by atoms with van der Waals surface area (Å²) in [6, 6.07) is 0.917. The third-order valence-corrected chi connectivity index (χ3v) is 2.75. The molecule has 2 rings (SSSR count). The molecule has 1 aromatic carbocycles. The lowest BCUT2D eigenvalue weighted by Crippen LogP contribution is -2.06. The summed E-state index contributed by atoms with van der Waals surface area (Å²) in [6.45, 7) is 0. The molecule has 0 saturated carbocycles. The number of nitrogens with zero attached hydrogens (tertiary/aromatic N) is 1. The van der Waals surface area contributed by atoms with E-state index in [1.165, 1.54) is 0 Å². The fourth-order valence-electron chi connectivity index (χ4n) is 1.48. The molecule has 1 aromatic heterocycles. The van der Waals surface area contributed by atoms with Crippen molar-refractivity contribution in [1.82, 2.24) is 4.98 Å². The molecular weight excluding hydrogens is 316 g/mol. The first-order valence-corrected chi connectivity index (χ1v) is 5.68. The van der Waals surface area contributed by atoms with Gasteiger partial charge in [0.25, 0.3) is 0 Å².